The van der Waals surface area contributed by atoms with Gasteiger partial charge in [0.05, 0.1) is 18.1 Å². The summed E-state index contributed by atoms with van der Waals surface area (Å²) in [7, 11) is 0. The van der Waals surface area contributed by atoms with Gasteiger partial charge in [-0.2, -0.15) is 0 Å². The van der Waals surface area contributed by atoms with Gasteiger partial charge in [0.15, 0.2) is 0 Å². The molecule has 2 N–H and O–H groups in total. The second-order valence-electron chi connectivity index (χ2n) is 6.65. The van der Waals surface area contributed by atoms with Crippen LogP contribution in [-0.4, -0.2) is 29.2 Å². The van der Waals surface area contributed by atoms with Gasteiger partial charge in [0, 0.05) is 5.69 Å². The fourth-order valence-corrected chi connectivity index (χ4v) is 3.74. The molecule has 0 radical (unpaired) electrons. The first-order valence-corrected chi connectivity index (χ1v) is 8.63. The lowest BCUT2D eigenvalue weighted by Crippen LogP contribution is -2.39. The van der Waals surface area contributed by atoms with E-state index in [0.29, 0.717) is 12.1 Å². The summed E-state index contributed by atoms with van der Waals surface area (Å²) in [6.45, 7) is 0. The maximum absolute atomic E-state index is 12.8. The number of hydrogen-bond donors (Lipinski definition) is 2. The molecule has 0 saturated carbocycles. The third-order valence-corrected chi connectivity index (χ3v) is 5.00. The molecule has 4 atom stereocenters. The van der Waals surface area contributed by atoms with Crippen LogP contribution in [0, 0.1) is 11.8 Å². The summed E-state index contributed by atoms with van der Waals surface area (Å²) in [5.41, 5.74) is 2.83. The molecule has 0 spiro atoms. The quantitative estimate of drug-likeness (QED) is 0.814. The number of benzene rings is 2. The summed E-state index contributed by atoms with van der Waals surface area (Å²) in [5.74, 6) is -2.87. The van der Waals surface area contributed by atoms with Crippen molar-refractivity contribution in [2.75, 3.05) is 5.32 Å². The molecule has 2 bridgehead atoms. The largest absolute Gasteiger partial charge is 0.481 e. The van der Waals surface area contributed by atoms with Crippen LogP contribution in [0.2, 0.25) is 0 Å². The lowest BCUT2D eigenvalue weighted by Gasteiger charge is -2.21. The fourth-order valence-electron chi connectivity index (χ4n) is 3.74. The topological polar surface area (TPSA) is 75.6 Å². The third-order valence-electron chi connectivity index (χ3n) is 5.00. The smallest absolute Gasteiger partial charge is 0.310 e. The van der Waals surface area contributed by atoms with E-state index in [2.05, 4.69) is 5.32 Å². The van der Waals surface area contributed by atoms with Gasteiger partial charge < -0.3 is 15.2 Å². The molecule has 0 aromatic heterocycles. The highest BCUT2D eigenvalue weighted by atomic mass is 16.5. The van der Waals surface area contributed by atoms with E-state index >= 15 is 0 Å². The Morgan fingerprint density at radius 3 is 2.31 bits per heavy atom. The molecule has 132 valence electrons. The molecule has 4 rings (SSSR count). The minimum absolute atomic E-state index is 0.310. The van der Waals surface area contributed by atoms with E-state index in [9.17, 15) is 14.7 Å². The van der Waals surface area contributed by atoms with Gasteiger partial charge in [0.1, 0.15) is 5.92 Å². The minimum atomic E-state index is -1.00. The van der Waals surface area contributed by atoms with E-state index in [-0.39, 0.29) is 5.91 Å². The number of amides is 1. The summed E-state index contributed by atoms with van der Waals surface area (Å²) < 4.78 is 5.59. The first-order chi connectivity index (χ1) is 12.6. The molecular formula is C21H19NO4. The zero-order chi connectivity index (χ0) is 18.1. The van der Waals surface area contributed by atoms with Crippen LogP contribution >= 0.6 is 0 Å². The maximum atomic E-state index is 12.8. The van der Waals surface area contributed by atoms with Gasteiger partial charge in [-0.3, -0.25) is 9.59 Å². The van der Waals surface area contributed by atoms with Crippen molar-refractivity contribution in [3.8, 4) is 0 Å². The summed E-state index contributed by atoms with van der Waals surface area (Å²) in [6, 6.07) is 17.6. The van der Waals surface area contributed by atoms with Crippen molar-refractivity contribution >= 4 is 17.6 Å². The van der Waals surface area contributed by atoms with E-state index in [1.165, 1.54) is 0 Å². The highest BCUT2D eigenvalue weighted by Gasteiger charge is 2.53. The number of carbonyl (C=O) groups is 2. The molecule has 0 aliphatic carbocycles. The Kier molecular flexibility index (Phi) is 4.31. The van der Waals surface area contributed by atoms with Crippen molar-refractivity contribution in [1.29, 1.82) is 0 Å². The van der Waals surface area contributed by atoms with E-state index in [4.69, 9.17) is 4.74 Å². The van der Waals surface area contributed by atoms with Crippen molar-refractivity contribution in [3.63, 3.8) is 0 Å². The SMILES string of the molecule is O=C(O)[C@@H]1[C@@H](C(=O)Nc2ccccc2Cc2ccccc2)[C@H]2C=C[C@H]1O2. The Morgan fingerprint density at radius 1 is 0.923 bits per heavy atom. The molecular weight excluding hydrogens is 330 g/mol. The number of carbonyl (C=O) groups excluding carboxylic acids is 1. The van der Waals surface area contributed by atoms with Crippen LogP contribution < -0.4 is 5.32 Å². The van der Waals surface area contributed by atoms with Crippen molar-refractivity contribution in [2.45, 2.75) is 18.6 Å². The number of aliphatic carboxylic acids is 1. The van der Waals surface area contributed by atoms with Crippen molar-refractivity contribution in [3.05, 3.63) is 77.9 Å². The van der Waals surface area contributed by atoms with Crippen molar-refractivity contribution in [1.82, 2.24) is 0 Å². The summed E-state index contributed by atoms with van der Waals surface area (Å²) >= 11 is 0. The number of anilines is 1. The van der Waals surface area contributed by atoms with E-state index in [1.54, 1.807) is 12.2 Å². The number of rotatable bonds is 5. The molecule has 1 fully saturated rings. The molecule has 26 heavy (non-hydrogen) atoms. The number of nitrogens with one attached hydrogen (secondary N) is 1. The second kappa shape index (κ2) is 6.77. The molecule has 5 heteroatoms. The van der Waals surface area contributed by atoms with Crippen LogP contribution in [0.4, 0.5) is 5.69 Å². The van der Waals surface area contributed by atoms with Crippen LogP contribution in [0.3, 0.4) is 0 Å². The molecule has 2 heterocycles. The first-order valence-electron chi connectivity index (χ1n) is 8.63. The average molecular weight is 349 g/mol. The van der Waals surface area contributed by atoms with Gasteiger partial charge in [-0.1, -0.05) is 60.7 Å². The Balaban J connectivity index is 1.55. The molecule has 0 unspecified atom stereocenters. The van der Waals surface area contributed by atoms with Crippen LogP contribution in [0.15, 0.2) is 66.7 Å². The summed E-state index contributed by atoms with van der Waals surface area (Å²) in [6.07, 6.45) is 3.21. The predicted octanol–water partition coefficient (Wildman–Crippen LogP) is 2.87. The van der Waals surface area contributed by atoms with Crippen LogP contribution in [0.5, 0.6) is 0 Å². The van der Waals surface area contributed by atoms with Gasteiger partial charge in [0.25, 0.3) is 0 Å². The highest BCUT2D eigenvalue weighted by Crippen LogP contribution is 2.40. The van der Waals surface area contributed by atoms with Crippen molar-refractivity contribution < 1.29 is 19.4 Å². The molecule has 2 aliphatic rings. The summed E-state index contributed by atoms with van der Waals surface area (Å²) in [4.78, 5) is 24.4. The lowest BCUT2D eigenvalue weighted by atomic mass is 9.82. The summed E-state index contributed by atoms with van der Waals surface area (Å²) in [5, 5.41) is 12.4. The molecule has 2 aromatic rings. The first kappa shape index (κ1) is 16.5. The average Bonchev–Trinajstić information content (AvgIpc) is 3.25. The Hall–Kier alpha value is -2.92. The predicted molar refractivity (Wildman–Crippen MR) is 96.7 cm³/mol. The lowest BCUT2D eigenvalue weighted by molar-refractivity contribution is -0.145. The van der Waals surface area contributed by atoms with Gasteiger partial charge in [-0.15, -0.1) is 0 Å². The molecule has 5 nitrogen and oxygen atoms in total. The van der Waals surface area contributed by atoms with Gasteiger partial charge in [0.2, 0.25) is 5.91 Å². The Morgan fingerprint density at radius 2 is 1.58 bits per heavy atom. The molecule has 2 aliphatic heterocycles. The van der Waals surface area contributed by atoms with Gasteiger partial charge >= 0.3 is 5.97 Å². The maximum Gasteiger partial charge on any atom is 0.310 e. The number of carboxylic acid groups (broad SMARTS) is 1. The van der Waals surface area contributed by atoms with E-state index < -0.39 is 30.0 Å². The van der Waals surface area contributed by atoms with Gasteiger partial charge in [-0.05, 0) is 23.6 Å². The van der Waals surface area contributed by atoms with E-state index in [0.717, 1.165) is 11.1 Å². The zero-order valence-electron chi connectivity index (χ0n) is 14.0. The molecule has 1 saturated heterocycles. The van der Waals surface area contributed by atoms with Gasteiger partial charge in [-0.25, -0.2) is 0 Å². The second-order valence-corrected chi connectivity index (χ2v) is 6.65. The highest BCUT2D eigenvalue weighted by molar-refractivity contribution is 5.97. The number of carboxylic acids is 1. The van der Waals surface area contributed by atoms with Crippen LogP contribution in [0.25, 0.3) is 0 Å². The fraction of sp³-hybridized carbons (Fsp3) is 0.238. The van der Waals surface area contributed by atoms with Crippen LogP contribution in [-0.2, 0) is 20.7 Å². The normalized spacial score (nSPS) is 26.0. The molecule has 1 amide bonds. The van der Waals surface area contributed by atoms with Crippen molar-refractivity contribution in [2.24, 2.45) is 11.8 Å². The third kappa shape index (κ3) is 3.02. The zero-order valence-corrected chi connectivity index (χ0v) is 14.0. The Bertz CT molecular complexity index is 861. The number of hydrogen-bond acceptors (Lipinski definition) is 3. The Labute approximate surface area is 151 Å². The number of ether oxygens (including phenoxy) is 1. The number of fused-ring (bicyclic) bond motifs is 2. The monoisotopic (exact) mass is 349 g/mol. The van der Waals surface area contributed by atoms with Crippen LogP contribution in [0.1, 0.15) is 11.1 Å². The van der Waals surface area contributed by atoms with E-state index in [1.807, 2.05) is 54.6 Å². The molecule has 2 aromatic carbocycles. The number of para-hydroxylation sites is 1. The minimum Gasteiger partial charge on any atom is -0.481 e. The standard InChI is InChI=1S/C21H19NO4/c23-20(18-16-10-11-17(26-16)19(18)21(24)25)22-15-9-5-4-8-14(15)12-13-6-2-1-3-7-13/h1-11,16-19H,12H2,(H,22,23)(H,24,25)/t16-,17-,18+,19+/m1/s1.